The van der Waals surface area contributed by atoms with Crippen molar-refractivity contribution in [2.24, 2.45) is 5.92 Å². The molecule has 1 aromatic rings. The molecule has 2 atom stereocenters. The highest BCUT2D eigenvalue weighted by molar-refractivity contribution is 9.10. The summed E-state index contributed by atoms with van der Waals surface area (Å²) in [6.07, 6.45) is 0.946. The number of halogens is 3. The van der Waals surface area contributed by atoms with Gasteiger partial charge in [0.15, 0.2) is 0 Å². The molecule has 2 rings (SSSR count). The van der Waals surface area contributed by atoms with Gasteiger partial charge < -0.3 is 4.90 Å². The van der Waals surface area contributed by atoms with Gasteiger partial charge in [-0.05, 0) is 30.5 Å². The Balaban J connectivity index is 2.16. The summed E-state index contributed by atoms with van der Waals surface area (Å²) in [6, 6.07) is 5.24. The molecule has 1 fully saturated rings. The quantitative estimate of drug-likeness (QED) is 0.695. The Morgan fingerprint density at radius 3 is 2.78 bits per heavy atom. The SMILES string of the molecule is CC1CCN(C(=O)c2cc(Cl)cc(Br)c2)CC1Cl. The van der Waals surface area contributed by atoms with Crippen LogP contribution in [0.1, 0.15) is 23.7 Å². The van der Waals surface area contributed by atoms with Gasteiger partial charge >= 0.3 is 0 Å². The maximum absolute atomic E-state index is 12.3. The number of alkyl halides is 1. The van der Waals surface area contributed by atoms with Crippen molar-refractivity contribution in [3.8, 4) is 0 Å². The van der Waals surface area contributed by atoms with E-state index in [4.69, 9.17) is 23.2 Å². The topological polar surface area (TPSA) is 20.3 Å². The molecule has 0 bridgehead atoms. The minimum Gasteiger partial charge on any atom is -0.337 e. The number of amides is 1. The van der Waals surface area contributed by atoms with Gasteiger partial charge in [0, 0.05) is 28.1 Å². The van der Waals surface area contributed by atoms with Crippen molar-refractivity contribution in [3.05, 3.63) is 33.3 Å². The molecule has 98 valence electrons. The molecule has 0 N–H and O–H groups in total. The average Bonchev–Trinajstić information content (AvgIpc) is 2.30. The normalized spacial score (nSPS) is 24.1. The fourth-order valence-electron chi connectivity index (χ4n) is 2.07. The van der Waals surface area contributed by atoms with E-state index < -0.39 is 0 Å². The molecule has 0 aliphatic carbocycles. The largest absolute Gasteiger partial charge is 0.337 e. The number of rotatable bonds is 1. The van der Waals surface area contributed by atoms with Gasteiger partial charge in [-0.3, -0.25) is 4.79 Å². The van der Waals surface area contributed by atoms with Crippen LogP contribution >= 0.6 is 39.1 Å². The zero-order valence-corrected chi connectivity index (χ0v) is 13.1. The van der Waals surface area contributed by atoms with Crippen LogP contribution in [0.2, 0.25) is 5.02 Å². The third-order valence-corrected chi connectivity index (χ3v) is 4.51. The average molecular weight is 351 g/mol. The van der Waals surface area contributed by atoms with E-state index in [0.29, 0.717) is 23.0 Å². The first-order valence-corrected chi connectivity index (χ1v) is 7.47. The number of likely N-dealkylation sites (tertiary alicyclic amines) is 1. The zero-order valence-electron chi connectivity index (χ0n) is 10.00. The molecule has 1 aliphatic rings. The standard InChI is InChI=1S/C13H14BrCl2NO/c1-8-2-3-17(7-12(8)16)13(18)9-4-10(14)6-11(15)5-9/h4-6,8,12H,2-3,7H2,1H3. The smallest absolute Gasteiger partial charge is 0.253 e. The first-order chi connectivity index (χ1) is 8.47. The summed E-state index contributed by atoms with van der Waals surface area (Å²) in [7, 11) is 0. The van der Waals surface area contributed by atoms with Crippen molar-refractivity contribution in [3.63, 3.8) is 0 Å². The highest BCUT2D eigenvalue weighted by Gasteiger charge is 2.28. The minimum atomic E-state index is -0.00394. The van der Waals surface area contributed by atoms with E-state index in [1.165, 1.54) is 0 Å². The molecule has 1 saturated heterocycles. The first kappa shape index (κ1) is 14.2. The molecule has 0 aromatic heterocycles. The molecular formula is C13H14BrCl2NO. The fraction of sp³-hybridized carbons (Fsp3) is 0.462. The third kappa shape index (κ3) is 3.19. The number of carbonyl (C=O) groups is 1. The van der Waals surface area contributed by atoms with Crippen LogP contribution in [0.3, 0.4) is 0 Å². The van der Waals surface area contributed by atoms with Gasteiger partial charge in [-0.25, -0.2) is 0 Å². The van der Waals surface area contributed by atoms with Crippen molar-refractivity contribution >= 4 is 45.0 Å². The molecule has 0 saturated carbocycles. The number of carbonyl (C=O) groups excluding carboxylic acids is 1. The lowest BCUT2D eigenvalue weighted by Crippen LogP contribution is -2.43. The summed E-state index contributed by atoms with van der Waals surface area (Å²) in [5.41, 5.74) is 0.604. The number of benzene rings is 1. The van der Waals surface area contributed by atoms with Crippen LogP contribution < -0.4 is 0 Å². The predicted octanol–water partition coefficient (Wildman–Crippen LogP) is 4.19. The number of nitrogens with zero attached hydrogens (tertiary/aromatic N) is 1. The van der Waals surface area contributed by atoms with Crippen LogP contribution in [0.5, 0.6) is 0 Å². The van der Waals surface area contributed by atoms with Crippen LogP contribution in [0, 0.1) is 5.92 Å². The second-order valence-corrected chi connectivity index (χ2v) is 6.60. The van der Waals surface area contributed by atoms with Crippen molar-refractivity contribution in [1.29, 1.82) is 0 Å². The zero-order chi connectivity index (χ0) is 13.3. The summed E-state index contributed by atoms with van der Waals surface area (Å²) in [6.45, 7) is 3.48. The molecule has 18 heavy (non-hydrogen) atoms. The number of hydrogen-bond acceptors (Lipinski definition) is 1. The van der Waals surface area contributed by atoms with Gasteiger partial charge in [0.2, 0.25) is 0 Å². The van der Waals surface area contributed by atoms with E-state index in [2.05, 4.69) is 22.9 Å². The molecule has 1 aliphatic heterocycles. The van der Waals surface area contributed by atoms with Gasteiger partial charge in [0.25, 0.3) is 5.91 Å². The maximum Gasteiger partial charge on any atom is 0.253 e. The molecule has 0 spiro atoms. The Morgan fingerprint density at radius 2 is 2.17 bits per heavy atom. The van der Waals surface area contributed by atoms with Crippen molar-refractivity contribution in [2.75, 3.05) is 13.1 Å². The Kier molecular flexibility index (Phi) is 4.57. The van der Waals surface area contributed by atoms with E-state index >= 15 is 0 Å². The molecule has 1 aromatic carbocycles. The van der Waals surface area contributed by atoms with E-state index in [0.717, 1.165) is 17.4 Å². The summed E-state index contributed by atoms with van der Waals surface area (Å²) < 4.78 is 0.811. The van der Waals surface area contributed by atoms with Gasteiger partial charge in [-0.2, -0.15) is 0 Å². The Morgan fingerprint density at radius 1 is 1.44 bits per heavy atom. The Labute approximate surface area is 125 Å². The van der Waals surface area contributed by atoms with Crippen molar-refractivity contribution < 1.29 is 4.79 Å². The molecule has 2 unspecified atom stereocenters. The summed E-state index contributed by atoms with van der Waals surface area (Å²) in [4.78, 5) is 14.1. The van der Waals surface area contributed by atoms with Crippen LogP contribution in [-0.2, 0) is 0 Å². The van der Waals surface area contributed by atoms with Gasteiger partial charge in [-0.1, -0.05) is 34.5 Å². The lowest BCUT2D eigenvalue weighted by atomic mass is 9.98. The molecule has 1 heterocycles. The van der Waals surface area contributed by atoms with Crippen molar-refractivity contribution in [1.82, 2.24) is 4.90 Å². The second-order valence-electron chi connectivity index (χ2n) is 4.69. The van der Waals surface area contributed by atoms with Crippen LogP contribution in [-0.4, -0.2) is 29.3 Å². The molecular weight excluding hydrogens is 337 g/mol. The maximum atomic E-state index is 12.3. The van der Waals surface area contributed by atoms with E-state index in [-0.39, 0.29) is 11.3 Å². The number of hydrogen-bond donors (Lipinski definition) is 0. The highest BCUT2D eigenvalue weighted by atomic mass is 79.9. The monoisotopic (exact) mass is 349 g/mol. The molecule has 2 nitrogen and oxygen atoms in total. The third-order valence-electron chi connectivity index (χ3n) is 3.26. The van der Waals surface area contributed by atoms with Crippen LogP contribution in [0.15, 0.2) is 22.7 Å². The molecule has 0 radical (unpaired) electrons. The van der Waals surface area contributed by atoms with Gasteiger partial charge in [0.05, 0.1) is 5.38 Å². The molecule has 1 amide bonds. The Bertz CT molecular complexity index is 446. The predicted molar refractivity (Wildman–Crippen MR) is 78.5 cm³/mol. The van der Waals surface area contributed by atoms with Gasteiger partial charge in [0.1, 0.15) is 0 Å². The fourth-order valence-corrected chi connectivity index (χ4v) is 3.22. The molecule has 5 heteroatoms. The number of piperidine rings is 1. The van der Waals surface area contributed by atoms with Gasteiger partial charge in [-0.15, -0.1) is 11.6 Å². The van der Waals surface area contributed by atoms with Crippen LogP contribution in [0.25, 0.3) is 0 Å². The van der Waals surface area contributed by atoms with Crippen LogP contribution in [0.4, 0.5) is 0 Å². The summed E-state index contributed by atoms with van der Waals surface area (Å²) in [5.74, 6) is 0.456. The summed E-state index contributed by atoms with van der Waals surface area (Å²) in [5, 5.41) is 0.589. The Hall–Kier alpha value is -0.250. The minimum absolute atomic E-state index is 0.00394. The highest BCUT2D eigenvalue weighted by Crippen LogP contribution is 2.25. The van der Waals surface area contributed by atoms with E-state index in [1.807, 2.05) is 0 Å². The van der Waals surface area contributed by atoms with Crippen molar-refractivity contribution in [2.45, 2.75) is 18.7 Å². The van der Waals surface area contributed by atoms with E-state index in [1.54, 1.807) is 23.1 Å². The lowest BCUT2D eigenvalue weighted by Gasteiger charge is -2.34. The van der Waals surface area contributed by atoms with E-state index in [9.17, 15) is 4.79 Å². The summed E-state index contributed by atoms with van der Waals surface area (Å²) >= 11 is 15.5. The first-order valence-electron chi connectivity index (χ1n) is 5.87. The second kappa shape index (κ2) is 5.81. The lowest BCUT2D eigenvalue weighted by molar-refractivity contribution is 0.0701.